The van der Waals surface area contributed by atoms with Crippen LogP contribution in [0.1, 0.15) is 33.6 Å². The molecule has 2 heterocycles. The maximum absolute atomic E-state index is 11.6. The van der Waals surface area contributed by atoms with Crippen LogP contribution in [0, 0.1) is 5.41 Å². The Morgan fingerprint density at radius 1 is 1.18 bits per heavy atom. The van der Waals surface area contributed by atoms with Gasteiger partial charge in [-0.1, -0.05) is 20.8 Å². The highest BCUT2D eigenvalue weighted by atomic mass is 32.2. The zero-order valence-corrected chi connectivity index (χ0v) is 11.7. The van der Waals surface area contributed by atoms with Gasteiger partial charge in [0.2, 0.25) is 0 Å². The summed E-state index contributed by atoms with van der Waals surface area (Å²) in [7, 11) is -2.85. The van der Waals surface area contributed by atoms with Gasteiger partial charge >= 0.3 is 0 Å². The Labute approximate surface area is 104 Å². The van der Waals surface area contributed by atoms with Gasteiger partial charge < -0.3 is 9.47 Å². The predicted octanol–water partition coefficient (Wildman–Crippen LogP) is 1.40. The molecule has 0 atom stereocenters. The van der Waals surface area contributed by atoms with Gasteiger partial charge in [-0.05, 0) is 18.3 Å². The van der Waals surface area contributed by atoms with Gasteiger partial charge in [0.1, 0.15) is 6.10 Å². The quantitative estimate of drug-likeness (QED) is 0.755. The molecule has 2 aliphatic rings. The summed E-state index contributed by atoms with van der Waals surface area (Å²) in [6.45, 7) is 7.68. The molecule has 0 saturated carbocycles. The lowest BCUT2D eigenvalue weighted by Crippen LogP contribution is -2.55. The zero-order chi connectivity index (χ0) is 12.7. The van der Waals surface area contributed by atoms with Crippen LogP contribution in [0.4, 0.5) is 0 Å². The Balaban J connectivity index is 2.14. The average Bonchev–Trinajstić information content (AvgIpc) is 2.12. The maximum Gasteiger partial charge on any atom is 0.150 e. The van der Waals surface area contributed by atoms with Gasteiger partial charge in [-0.15, -0.1) is 0 Å². The molecule has 0 radical (unpaired) electrons. The SMILES string of the molecule is CC(C)(C)C1(OC2COC2)CCS(=O)(=O)CC1. The van der Waals surface area contributed by atoms with Crippen molar-refractivity contribution in [2.45, 2.75) is 45.3 Å². The van der Waals surface area contributed by atoms with E-state index in [2.05, 4.69) is 20.8 Å². The van der Waals surface area contributed by atoms with E-state index in [1.54, 1.807) is 0 Å². The van der Waals surface area contributed by atoms with Crippen LogP contribution in [0.3, 0.4) is 0 Å². The van der Waals surface area contributed by atoms with Gasteiger partial charge in [0, 0.05) is 0 Å². The molecule has 100 valence electrons. The third-order valence-electron chi connectivity index (χ3n) is 4.00. The molecule has 2 fully saturated rings. The first kappa shape index (κ1) is 13.3. The molecule has 0 aromatic rings. The monoisotopic (exact) mass is 262 g/mol. The van der Waals surface area contributed by atoms with E-state index in [-0.39, 0.29) is 28.6 Å². The van der Waals surface area contributed by atoms with E-state index in [1.807, 2.05) is 0 Å². The third kappa shape index (κ3) is 2.66. The van der Waals surface area contributed by atoms with Gasteiger partial charge in [0.05, 0.1) is 30.3 Å². The molecule has 0 unspecified atom stereocenters. The normalized spacial score (nSPS) is 28.6. The first-order valence-corrected chi connectivity index (χ1v) is 8.02. The van der Waals surface area contributed by atoms with Crippen molar-refractivity contribution < 1.29 is 17.9 Å². The fraction of sp³-hybridized carbons (Fsp3) is 1.00. The van der Waals surface area contributed by atoms with Crippen LogP contribution in [0.15, 0.2) is 0 Å². The van der Waals surface area contributed by atoms with Crippen LogP contribution in [0.5, 0.6) is 0 Å². The molecule has 0 N–H and O–H groups in total. The average molecular weight is 262 g/mol. The molecule has 0 aliphatic carbocycles. The van der Waals surface area contributed by atoms with E-state index in [9.17, 15) is 8.42 Å². The molecule has 17 heavy (non-hydrogen) atoms. The summed E-state index contributed by atoms with van der Waals surface area (Å²) < 4.78 is 34.4. The van der Waals surface area contributed by atoms with E-state index >= 15 is 0 Å². The molecular formula is C12H22O4S. The largest absolute Gasteiger partial charge is 0.376 e. The summed E-state index contributed by atoms with van der Waals surface area (Å²) in [5.74, 6) is 0.496. The van der Waals surface area contributed by atoms with Crippen molar-refractivity contribution >= 4 is 9.84 Å². The van der Waals surface area contributed by atoms with Crippen molar-refractivity contribution in [1.29, 1.82) is 0 Å². The Morgan fingerprint density at radius 2 is 1.71 bits per heavy atom. The minimum Gasteiger partial charge on any atom is -0.376 e. The summed E-state index contributed by atoms with van der Waals surface area (Å²) in [5, 5.41) is 0. The first-order valence-electron chi connectivity index (χ1n) is 6.20. The highest BCUT2D eigenvalue weighted by Gasteiger charge is 2.48. The number of sulfone groups is 1. The second-order valence-electron chi connectivity index (χ2n) is 6.17. The number of ether oxygens (including phenoxy) is 2. The van der Waals surface area contributed by atoms with Crippen LogP contribution in [-0.2, 0) is 19.3 Å². The van der Waals surface area contributed by atoms with Crippen molar-refractivity contribution in [1.82, 2.24) is 0 Å². The molecular weight excluding hydrogens is 240 g/mol. The third-order valence-corrected chi connectivity index (χ3v) is 5.65. The van der Waals surface area contributed by atoms with Crippen molar-refractivity contribution in [2.24, 2.45) is 5.41 Å². The van der Waals surface area contributed by atoms with Gasteiger partial charge in [0.15, 0.2) is 9.84 Å². The molecule has 5 heteroatoms. The van der Waals surface area contributed by atoms with Gasteiger partial charge in [-0.3, -0.25) is 0 Å². The Bertz CT molecular complexity index is 362. The molecule has 0 spiro atoms. The summed E-state index contributed by atoms with van der Waals surface area (Å²) in [6.07, 6.45) is 1.36. The van der Waals surface area contributed by atoms with Crippen molar-refractivity contribution in [3.8, 4) is 0 Å². The lowest BCUT2D eigenvalue weighted by atomic mass is 9.72. The first-order chi connectivity index (χ1) is 7.74. The number of rotatable bonds is 2. The lowest BCUT2D eigenvalue weighted by molar-refractivity contribution is -0.226. The molecule has 2 saturated heterocycles. The highest BCUT2D eigenvalue weighted by molar-refractivity contribution is 7.91. The van der Waals surface area contributed by atoms with Crippen LogP contribution < -0.4 is 0 Å². The van der Waals surface area contributed by atoms with E-state index in [0.29, 0.717) is 26.1 Å². The molecule has 2 rings (SSSR count). The van der Waals surface area contributed by atoms with Gasteiger partial charge in [0.25, 0.3) is 0 Å². The van der Waals surface area contributed by atoms with E-state index in [4.69, 9.17) is 9.47 Å². The van der Waals surface area contributed by atoms with Crippen molar-refractivity contribution in [3.05, 3.63) is 0 Å². The molecule has 2 aliphatic heterocycles. The van der Waals surface area contributed by atoms with Gasteiger partial charge in [-0.2, -0.15) is 0 Å². The topological polar surface area (TPSA) is 52.6 Å². The van der Waals surface area contributed by atoms with Crippen LogP contribution in [0.25, 0.3) is 0 Å². The van der Waals surface area contributed by atoms with Crippen molar-refractivity contribution in [2.75, 3.05) is 24.7 Å². The Hall–Kier alpha value is -0.130. The minimum absolute atomic E-state index is 0.0431. The smallest absolute Gasteiger partial charge is 0.150 e. The predicted molar refractivity (Wildman–Crippen MR) is 65.8 cm³/mol. The van der Waals surface area contributed by atoms with Crippen LogP contribution >= 0.6 is 0 Å². The second kappa shape index (κ2) is 4.21. The lowest BCUT2D eigenvalue weighted by Gasteiger charge is -2.50. The van der Waals surface area contributed by atoms with E-state index < -0.39 is 9.84 Å². The Morgan fingerprint density at radius 3 is 2.06 bits per heavy atom. The molecule has 0 bridgehead atoms. The van der Waals surface area contributed by atoms with Crippen LogP contribution in [-0.4, -0.2) is 44.8 Å². The van der Waals surface area contributed by atoms with E-state index in [1.165, 1.54) is 0 Å². The molecule has 0 aromatic carbocycles. The molecule has 0 aromatic heterocycles. The van der Waals surface area contributed by atoms with Crippen LogP contribution in [0.2, 0.25) is 0 Å². The maximum atomic E-state index is 11.6. The van der Waals surface area contributed by atoms with E-state index in [0.717, 1.165) is 0 Å². The number of hydrogen-bond acceptors (Lipinski definition) is 4. The van der Waals surface area contributed by atoms with Crippen molar-refractivity contribution in [3.63, 3.8) is 0 Å². The minimum atomic E-state index is -2.85. The highest BCUT2D eigenvalue weighted by Crippen LogP contribution is 2.44. The number of hydrogen-bond donors (Lipinski definition) is 0. The van der Waals surface area contributed by atoms with Gasteiger partial charge in [-0.25, -0.2) is 8.42 Å². The summed E-state index contributed by atoms with van der Waals surface area (Å²) in [4.78, 5) is 0. The fourth-order valence-electron chi connectivity index (χ4n) is 2.51. The summed E-state index contributed by atoms with van der Waals surface area (Å²) in [6, 6.07) is 0. The standard InChI is InChI=1S/C12H22O4S/c1-11(2,3)12(16-10-8-15-9-10)4-6-17(13,14)7-5-12/h10H,4-9H2,1-3H3. The fourth-order valence-corrected chi connectivity index (χ4v) is 4.00. The summed E-state index contributed by atoms with van der Waals surface area (Å²) in [5.41, 5.74) is -0.356. The molecule has 0 amide bonds. The zero-order valence-electron chi connectivity index (χ0n) is 10.9. The summed E-state index contributed by atoms with van der Waals surface area (Å²) >= 11 is 0. The Kier molecular flexibility index (Phi) is 3.30. The second-order valence-corrected chi connectivity index (χ2v) is 8.48. The molecule has 4 nitrogen and oxygen atoms in total.